The van der Waals surface area contributed by atoms with Gasteiger partial charge in [-0.25, -0.2) is 8.81 Å². The fourth-order valence-electron chi connectivity index (χ4n) is 0.977. The minimum atomic E-state index is -0.0800. The first kappa shape index (κ1) is 10.4. The molecule has 0 aromatic carbocycles. The van der Waals surface area contributed by atoms with Crippen molar-refractivity contribution in [1.82, 2.24) is 0 Å². The van der Waals surface area contributed by atoms with Gasteiger partial charge >= 0.3 is 0 Å². The van der Waals surface area contributed by atoms with E-state index in [9.17, 15) is 4.89 Å². The zero-order valence-electron chi connectivity index (χ0n) is 6.86. The molecule has 0 aliphatic heterocycles. The van der Waals surface area contributed by atoms with Gasteiger partial charge in [0.1, 0.15) is 0 Å². The molecule has 0 spiro atoms. The van der Waals surface area contributed by atoms with Crippen LogP contribution in [0.2, 0.25) is 0 Å². The molecule has 1 nitrogen and oxygen atoms in total. The molecule has 10 heavy (non-hydrogen) atoms. The van der Waals surface area contributed by atoms with Crippen molar-refractivity contribution in [3.8, 4) is 0 Å². The molecule has 0 aromatic rings. The summed E-state index contributed by atoms with van der Waals surface area (Å²) in [5.74, 6) is 0. The molecule has 0 amide bonds. The first-order chi connectivity index (χ1) is 4.91. The van der Waals surface area contributed by atoms with Crippen LogP contribution in [-0.2, 0) is 0 Å². The Labute approximate surface area is 66.1 Å². The zero-order valence-corrected chi connectivity index (χ0v) is 7.86. The minimum Gasteiger partial charge on any atom is -0.832 e. The first-order valence-corrected chi connectivity index (χ1v) is 5.38. The summed E-state index contributed by atoms with van der Waals surface area (Å²) in [6.45, 7) is 2.22. The molecule has 0 heterocycles. The lowest BCUT2D eigenvalue weighted by Crippen LogP contribution is -1.86. The summed E-state index contributed by atoms with van der Waals surface area (Å²) < 4.78 is 0. The molecule has 0 aliphatic carbocycles. The van der Waals surface area contributed by atoms with Gasteiger partial charge in [-0.15, -0.1) is 0 Å². The average Bonchev–Trinajstić information content (AvgIpc) is 1.97. The van der Waals surface area contributed by atoms with Crippen molar-refractivity contribution < 1.29 is 4.89 Å². The lowest BCUT2D eigenvalue weighted by molar-refractivity contribution is -0.150. The van der Waals surface area contributed by atoms with Crippen LogP contribution in [0.15, 0.2) is 0 Å². The van der Waals surface area contributed by atoms with Gasteiger partial charge in [0.25, 0.3) is 0 Å². The Bertz CT molecular complexity index is 49.2. The molecule has 0 fully saturated rings. The average molecular weight is 161 g/mol. The molecule has 0 aromatic heterocycles. The molecule has 0 radical (unpaired) electrons. The molecule has 0 aliphatic rings. The lowest BCUT2D eigenvalue weighted by Gasteiger charge is -2.03. The van der Waals surface area contributed by atoms with Crippen LogP contribution >= 0.6 is 8.81 Å². The summed E-state index contributed by atoms with van der Waals surface area (Å²) in [5, 5.41) is 0. The second-order valence-corrected chi connectivity index (χ2v) is 3.45. The van der Waals surface area contributed by atoms with Gasteiger partial charge in [-0.3, -0.25) is 0 Å². The Kier molecular flexibility index (Phi) is 9.76. The van der Waals surface area contributed by atoms with E-state index in [0.29, 0.717) is 0 Å². The maximum atomic E-state index is 10.0. The van der Waals surface area contributed by atoms with Crippen molar-refractivity contribution in [3.63, 3.8) is 0 Å². The number of unbranched alkanes of at least 4 members (excludes halogenated alkanes) is 5. The highest BCUT2D eigenvalue weighted by Crippen LogP contribution is 2.07. The van der Waals surface area contributed by atoms with Gasteiger partial charge < -0.3 is 4.89 Å². The van der Waals surface area contributed by atoms with E-state index >= 15 is 0 Å². The minimum absolute atomic E-state index is 0.0800. The van der Waals surface area contributed by atoms with E-state index in [-0.39, 0.29) is 8.81 Å². The zero-order chi connectivity index (χ0) is 7.66. The van der Waals surface area contributed by atoms with Crippen molar-refractivity contribution >= 4 is 8.81 Å². The van der Waals surface area contributed by atoms with Gasteiger partial charge in [-0.1, -0.05) is 45.4 Å². The molecule has 1 unspecified atom stereocenters. The largest absolute Gasteiger partial charge is 0.832 e. The van der Waals surface area contributed by atoms with Crippen LogP contribution in [-0.4, -0.2) is 6.16 Å². The second-order valence-electron chi connectivity index (χ2n) is 2.66. The third-order valence-corrected chi connectivity index (χ3v) is 2.19. The quantitative estimate of drug-likeness (QED) is 0.415. The maximum absolute atomic E-state index is 10.0. The van der Waals surface area contributed by atoms with Crippen LogP contribution in [0.4, 0.5) is 0 Å². The van der Waals surface area contributed by atoms with Crippen LogP contribution in [0.25, 0.3) is 0 Å². The van der Waals surface area contributed by atoms with Crippen molar-refractivity contribution in [2.45, 2.75) is 45.4 Å². The summed E-state index contributed by atoms with van der Waals surface area (Å²) in [4.78, 5) is 10.0. The summed E-state index contributed by atoms with van der Waals surface area (Å²) in [6.07, 6.45) is 8.70. The highest BCUT2D eigenvalue weighted by molar-refractivity contribution is 7.29. The third-order valence-electron chi connectivity index (χ3n) is 1.63. The van der Waals surface area contributed by atoms with E-state index in [1.807, 2.05) is 0 Å². The summed E-state index contributed by atoms with van der Waals surface area (Å²) in [6, 6.07) is 0. The summed E-state index contributed by atoms with van der Waals surface area (Å²) in [7, 11) is -0.0800. The van der Waals surface area contributed by atoms with E-state index in [1.54, 1.807) is 0 Å². The van der Waals surface area contributed by atoms with Crippen molar-refractivity contribution in [1.29, 1.82) is 0 Å². The van der Waals surface area contributed by atoms with Crippen LogP contribution < -0.4 is 4.89 Å². The molecule has 0 N–H and O–H groups in total. The van der Waals surface area contributed by atoms with Crippen LogP contribution in [0, 0.1) is 0 Å². The smallest absolute Gasteiger partial charge is 0.0499 e. The number of hydrogen-bond acceptors (Lipinski definition) is 1. The monoisotopic (exact) mass is 161 g/mol. The topological polar surface area (TPSA) is 23.1 Å². The third kappa shape index (κ3) is 8.39. The van der Waals surface area contributed by atoms with E-state index in [1.165, 1.54) is 32.1 Å². The first-order valence-electron chi connectivity index (χ1n) is 4.26. The lowest BCUT2D eigenvalue weighted by atomic mass is 10.1. The number of hydrogen-bond donors (Lipinski definition) is 0. The molecular weight excluding hydrogens is 143 g/mol. The fraction of sp³-hybridized carbons (Fsp3) is 1.00. The predicted octanol–water partition coefficient (Wildman–Crippen LogP) is 2.30. The Morgan fingerprint density at radius 2 is 1.60 bits per heavy atom. The van der Waals surface area contributed by atoms with E-state index in [0.717, 1.165) is 12.6 Å². The van der Waals surface area contributed by atoms with Gasteiger partial charge in [0.2, 0.25) is 0 Å². The highest BCUT2D eigenvalue weighted by Gasteiger charge is 1.86. The number of rotatable bonds is 7. The maximum Gasteiger partial charge on any atom is -0.0499 e. The predicted molar refractivity (Wildman–Crippen MR) is 46.6 cm³/mol. The van der Waals surface area contributed by atoms with E-state index in [2.05, 4.69) is 6.92 Å². The van der Waals surface area contributed by atoms with Gasteiger partial charge in [-0.2, -0.15) is 0 Å². The van der Waals surface area contributed by atoms with E-state index in [4.69, 9.17) is 0 Å². The van der Waals surface area contributed by atoms with Crippen molar-refractivity contribution in [3.05, 3.63) is 0 Å². The van der Waals surface area contributed by atoms with Crippen LogP contribution in [0.5, 0.6) is 0 Å². The fourth-order valence-corrected chi connectivity index (χ4v) is 1.37. The normalized spacial score (nSPS) is 11.4. The van der Waals surface area contributed by atoms with Gasteiger partial charge in [0.05, 0.1) is 0 Å². The van der Waals surface area contributed by atoms with Gasteiger partial charge in [0.15, 0.2) is 0 Å². The molecule has 62 valence electrons. The Morgan fingerprint density at radius 1 is 1.00 bits per heavy atom. The van der Waals surface area contributed by atoms with Crippen LogP contribution in [0.1, 0.15) is 45.4 Å². The molecule has 2 heteroatoms. The summed E-state index contributed by atoms with van der Waals surface area (Å²) in [5.41, 5.74) is 0. The Morgan fingerprint density at radius 3 is 2.20 bits per heavy atom. The molecule has 0 rings (SSSR count). The molecule has 1 atom stereocenters. The second kappa shape index (κ2) is 9.39. The van der Waals surface area contributed by atoms with Gasteiger partial charge in [0, 0.05) is 0 Å². The Balaban J connectivity index is 2.65. The molecule has 0 bridgehead atoms. The highest BCUT2D eigenvalue weighted by atomic mass is 31.1. The molecule has 0 saturated carbocycles. The Hall–Kier alpha value is 0.390. The SMILES string of the molecule is CCCCCCCCP[O-]. The molecule has 0 saturated heterocycles. The van der Waals surface area contributed by atoms with Crippen molar-refractivity contribution in [2.75, 3.05) is 6.16 Å². The standard InChI is InChI=1S/C8H18OP/c1-2-3-4-5-6-7-8-10-9/h10H,2-8H2,1H3/q-1. The van der Waals surface area contributed by atoms with E-state index < -0.39 is 0 Å². The summed E-state index contributed by atoms with van der Waals surface area (Å²) >= 11 is 0. The van der Waals surface area contributed by atoms with Gasteiger partial charge in [-0.05, 0) is 6.16 Å². The molecular formula is C8H18OP-. The van der Waals surface area contributed by atoms with Crippen molar-refractivity contribution in [2.24, 2.45) is 0 Å². The van der Waals surface area contributed by atoms with Crippen LogP contribution in [0.3, 0.4) is 0 Å².